The zero-order valence-corrected chi connectivity index (χ0v) is 19.2. The number of pyridine rings is 1. The summed E-state index contributed by atoms with van der Waals surface area (Å²) < 4.78 is 48.6. The van der Waals surface area contributed by atoms with Crippen molar-refractivity contribution in [2.24, 2.45) is 5.73 Å². The van der Waals surface area contributed by atoms with Crippen LogP contribution < -0.4 is 15.2 Å². The Kier molecular flexibility index (Phi) is 6.94. The molecular formula is C22H28FN5O4S. The molecule has 0 unspecified atom stereocenters. The van der Waals surface area contributed by atoms with Crippen molar-refractivity contribution >= 4 is 15.9 Å². The number of piperazine rings is 1. The van der Waals surface area contributed by atoms with Gasteiger partial charge in [0.2, 0.25) is 15.9 Å². The van der Waals surface area contributed by atoms with Crippen molar-refractivity contribution in [1.82, 2.24) is 19.5 Å². The Balaban J connectivity index is 1.57. The van der Waals surface area contributed by atoms with Crippen molar-refractivity contribution in [3.63, 3.8) is 0 Å². The lowest BCUT2D eigenvalue weighted by Gasteiger charge is -2.36. The molecule has 33 heavy (non-hydrogen) atoms. The molecule has 2 aromatic rings. The van der Waals surface area contributed by atoms with E-state index in [1.807, 2.05) is 0 Å². The van der Waals surface area contributed by atoms with Crippen LogP contribution in [0.3, 0.4) is 0 Å². The fourth-order valence-corrected chi connectivity index (χ4v) is 5.51. The number of hydrogen-bond donors (Lipinski definition) is 2. The van der Waals surface area contributed by atoms with Crippen molar-refractivity contribution in [1.29, 1.82) is 0 Å². The van der Waals surface area contributed by atoms with Crippen LogP contribution in [-0.4, -0.2) is 81.0 Å². The predicted octanol–water partition coefficient (Wildman–Crippen LogP) is 0.809. The quantitative estimate of drug-likeness (QED) is 0.578. The van der Waals surface area contributed by atoms with Crippen molar-refractivity contribution in [2.45, 2.75) is 29.8 Å². The van der Waals surface area contributed by atoms with Crippen LogP contribution in [0.15, 0.2) is 41.4 Å². The fraction of sp³-hybridized carbons (Fsp3) is 0.455. The Morgan fingerprint density at radius 1 is 1.27 bits per heavy atom. The fourth-order valence-electron chi connectivity index (χ4n) is 4.11. The van der Waals surface area contributed by atoms with Gasteiger partial charge in [0.25, 0.3) is 0 Å². The number of benzene rings is 1. The highest BCUT2D eigenvalue weighted by molar-refractivity contribution is 7.89. The van der Waals surface area contributed by atoms with Crippen LogP contribution in [0.2, 0.25) is 0 Å². The maximum atomic E-state index is 14.5. The molecule has 9 nitrogen and oxygen atoms in total. The summed E-state index contributed by atoms with van der Waals surface area (Å²) >= 11 is 0. The molecule has 1 atom stereocenters. The third-order valence-electron chi connectivity index (χ3n) is 5.97. The van der Waals surface area contributed by atoms with Gasteiger partial charge >= 0.3 is 0 Å². The third-order valence-corrected chi connectivity index (χ3v) is 7.45. The lowest BCUT2D eigenvalue weighted by atomic mass is 10.1. The van der Waals surface area contributed by atoms with Gasteiger partial charge in [-0.3, -0.25) is 14.7 Å². The number of methoxy groups -OCH3 is 1. The third kappa shape index (κ3) is 5.16. The van der Waals surface area contributed by atoms with Gasteiger partial charge in [0.15, 0.2) is 0 Å². The molecule has 0 spiro atoms. The first-order chi connectivity index (χ1) is 15.8. The van der Waals surface area contributed by atoms with Gasteiger partial charge in [-0.05, 0) is 37.1 Å². The summed E-state index contributed by atoms with van der Waals surface area (Å²) in [5, 5.41) is 0. The van der Waals surface area contributed by atoms with E-state index in [-0.39, 0.29) is 17.9 Å². The second-order valence-corrected chi connectivity index (χ2v) is 9.88. The zero-order valence-electron chi connectivity index (χ0n) is 18.4. The maximum Gasteiger partial charge on any atom is 0.245 e. The molecule has 1 aromatic carbocycles. The molecule has 4 rings (SSSR count). The summed E-state index contributed by atoms with van der Waals surface area (Å²) in [6.45, 7) is 2.31. The van der Waals surface area contributed by atoms with Gasteiger partial charge in [-0.1, -0.05) is 6.07 Å². The minimum Gasteiger partial charge on any atom is -0.495 e. The number of ether oxygens (including phenoxy) is 1. The molecular weight excluding hydrogens is 449 g/mol. The summed E-state index contributed by atoms with van der Waals surface area (Å²) in [5.41, 5.74) is 6.31. The molecule has 2 heterocycles. The molecule has 1 aromatic heterocycles. The van der Waals surface area contributed by atoms with E-state index in [4.69, 9.17) is 10.5 Å². The first-order valence-electron chi connectivity index (χ1n) is 10.9. The molecule has 1 saturated heterocycles. The number of nitrogens with two attached hydrogens (primary N) is 1. The van der Waals surface area contributed by atoms with Crippen LogP contribution in [0.25, 0.3) is 11.3 Å². The second-order valence-electron chi connectivity index (χ2n) is 8.20. The van der Waals surface area contributed by atoms with Gasteiger partial charge in [-0.25, -0.2) is 12.8 Å². The maximum absolute atomic E-state index is 14.5. The molecule has 0 radical (unpaired) electrons. The Bertz CT molecular complexity index is 1100. The van der Waals surface area contributed by atoms with Crippen molar-refractivity contribution in [3.05, 3.63) is 42.3 Å². The van der Waals surface area contributed by atoms with E-state index in [0.29, 0.717) is 24.8 Å². The summed E-state index contributed by atoms with van der Waals surface area (Å²) in [4.78, 5) is 20.7. The molecule has 1 aliphatic carbocycles. The number of hydrogen-bond acceptors (Lipinski definition) is 7. The summed E-state index contributed by atoms with van der Waals surface area (Å²) in [7, 11) is -3.05. The van der Waals surface area contributed by atoms with Crippen LogP contribution in [0, 0.1) is 5.82 Å². The molecule has 1 saturated carbocycles. The SMILES string of the molecule is COc1c(-c2ccccn2)cc(F)cc1S(=O)(=O)N[C@@H](CN)C(=O)N1CCN(C2CC2)CC1. The standard InChI is InChI=1S/C22H28FN5O4S/c1-32-21-17(18-4-2-3-7-25-18)12-15(23)13-20(21)33(30,31)26-19(14-24)22(29)28-10-8-27(9-11-28)16-5-6-16/h2-4,7,12-13,16,19,26H,5-6,8-11,14,24H2,1H3/t19-/m0/s1. The Labute approximate surface area is 192 Å². The van der Waals surface area contributed by atoms with Crippen LogP contribution in [0.1, 0.15) is 12.8 Å². The molecule has 1 amide bonds. The minimum atomic E-state index is -4.35. The van der Waals surface area contributed by atoms with Crippen molar-refractivity contribution in [2.75, 3.05) is 39.8 Å². The van der Waals surface area contributed by atoms with Crippen LogP contribution >= 0.6 is 0 Å². The van der Waals surface area contributed by atoms with Gasteiger partial charge in [0, 0.05) is 50.5 Å². The van der Waals surface area contributed by atoms with Gasteiger partial charge in [0.1, 0.15) is 22.5 Å². The predicted molar refractivity (Wildman–Crippen MR) is 121 cm³/mol. The number of rotatable bonds is 8. The van der Waals surface area contributed by atoms with E-state index in [9.17, 15) is 17.6 Å². The summed E-state index contributed by atoms with van der Waals surface area (Å²) in [6, 6.07) is 6.47. The lowest BCUT2D eigenvalue weighted by molar-refractivity contribution is -0.134. The molecule has 11 heteroatoms. The molecule has 2 fully saturated rings. The van der Waals surface area contributed by atoms with Gasteiger partial charge in [-0.2, -0.15) is 4.72 Å². The Hall–Kier alpha value is -2.60. The molecule has 3 N–H and O–H groups in total. The molecule has 1 aliphatic heterocycles. The minimum absolute atomic E-state index is 0.0659. The Morgan fingerprint density at radius 3 is 2.58 bits per heavy atom. The number of carbonyl (C=O) groups excluding carboxylic acids is 1. The summed E-state index contributed by atoms with van der Waals surface area (Å²) in [6.07, 6.45) is 3.89. The van der Waals surface area contributed by atoms with Crippen molar-refractivity contribution < 1.29 is 22.3 Å². The largest absolute Gasteiger partial charge is 0.495 e. The van der Waals surface area contributed by atoms with Gasteiger partial charge in [0.05, 0.1) is 12.8 Å². The molecule has 0 bridgehead atoms. The topological polar surface area (TPSA) is 118 Å². The van der Waals surface area contributed by atoms with E-state index in [1.165, 1.54) is 26.1 Å². The summed E-state index contributed by atoms with van der Waals surface area (Å²) in [5.74, 6) is -1.23. The number of aromatic nitrogens is 1. The smallest absolute Gasteiger partial charge is 0.245 e. The first kappa shape index (κ1) is 23.6. The van der Waals surface area contributed by atoms with Gasteiger partial charge < -0.3 is 15.4 Å². The zero-order chi connectivity index (χ0) is 23.6. The van der Waals surface area contributed by atoms with E-state index in [0.717, 1.165) is 25.2 Å². The van der Waals surface area contributed by atoms with Crippen molar-refractivity contribution in [3.8, 4) is 17.0 Å². The normalized spacial score (nSPS) is 18.2. The highest BCUT2D eigenvalue weighted by atomic mass is 32.2. The van der Waals surface area contributed by atoms with E-state index >= 15 is 0 Å². The number of carbonyl (C=O) groups is 1. The van der Waals surface area contributed by atoms with Crippen LogP contribution in [-0.2, 0) is 14.8 Å². The number of halogens is 1. The number of amides is 1. The number of sulfonamides is 1. The first-order valence-corrected chi connectivity index (χ1v) is 12.4. The van der Waals surface area contributed by atoms with Gasteiger partial charge in [-0.15, -0.1) is 0 Å². The average Bonchev–Trinajstić information content (AvgIpc) is 3.68. The Morgan fingerprint density at radius 2 is 2.00 bits per heavy atom. The monoisotopic (exact) mass is 477 g/mol. The number of nitrogens with zero attached hydrogens (tertiary/aromatic N) is 3. The molecule has 2 aliphatic rings. The average molecular weight is 478 g/mol. The lowest BCUT2D eigenvalue weighted by Crippen LogP contribution is -2.57. The van der Waals surface area contributed by atoms with E-state index in [1.54, 1.807) is 23.1 Å². The van der Waals surface area contributed by atoms with Crippen LogP contribution in [0.5, 0.6) is 5.75 Å². The molecule has 178 valence electrons. The highest BCUT2D eigenvalue weighted by Crippen LogP contribution is 2.36. The van der Waals surface area contributed by atoms with Crippen LogP contribution in [0.4, 0.5) is 4.39 Å². The highest BCUT2D eigenvalue weighted by Gasteiger charge is 2.35. The van der Waals surface area contributed by atoms with E-state index < -0.39 is 32.7 Å². The number of nitrogens with one attached hydrogen (secondary N) is 1. The second kappa shape index (κ2) is 9.72. The van der Waals surface area contributed by atoms with E-state index in [2.05, 4.69) is 14.6 Å².